The van der Waals surface area contributed by atoms with Crippen LogP contribution in [-0.2, 0) is 13.1 Å². The second-order valence-corrected chi connectivity index (χ2v) is 10.4. The highest BCUT2D eigenvalue weighted by Crippen LogP contribution is 2.41. The van der Waals surface area contributed by atoms with E-state index in [0.717, 1.165) is 18.8 Å². The van der Waals surface area contributed by atoms with Gasteiger partial charge in [0.1, 0.15) is 11.8 Å². The highest BCUT2D eigenvalue weighted by atomic mass is 16.5. The van der Waals surface area contributed by atoms with Gasteiger partial charge in [-0.3, -0.25) is 9.98 Å². The molecule has 196 valence electrons. The van der Waals surface area contributed by atoms with Gasteiger partial charge < -0.3 is 14.5 Å². The van der Waals surface area contributed by atoms with Crippen LogP contribution in [-0.4, -0.2) is 35.6 Å². The number of methoxy groups -OCH3 is 1. The summed E-state index contributed by atoms with van der Waals surface area (Å²) in [5, 5.41) is 0. The van der Waals surface area contributed by atoms with Crippen LogP contribution < -0.4 is 4.74 Å². The Hall–Kier alpha value is -4.38. The molecule has 0 bridgehead atoms. The lowest BCUT2D eigenvalue weighted by molar-refractivity contribution is 0.308. The zero-order valence-corrected chi connectivity index (χ0v) is 22.5. The Bertz CT molecular complexity index is 1440. The first kappa shape index (κ1) is 24.9. The number of ether oxygens (including phenoxy) is 1. The van der Waals surface area contributed by atoms with Crippen LogP contribution >= 0.6 is 0 Å². The third-order valence-corrected chi connectivity index (χ3v) is 7.80. The molecule has 0 fully saturated rings. The van der Waals surface area contributed by atoms with Crippen LogP contribution in [0.4, 0.5) is 0 Å². The summed E-state index contributed by atoms with van der Waals surface area (Å²) in [5.41, 5.74) is 6.16. The van der Waals surface area contributed by atoms with Crippen molar-refractivity contribution in [2.75, 3.05) is 7.11 Å². The van der Waals surface area contributed by atoms with E-state index in [1.54, 1.807) is 7.11 Å². The van der Waals surface area contributed by atoms with Gasteiger partial charge in [-0.05, 0) is 46.9 Å². The normalized spacial score (nSPS) is 22.0. The summed E-state index contributed by atoms with van der Waals surface area (Å²) in [7, 11) is 1.74. The number of hydrogen-bond acceptors (Lipinski definition) is 5. The molecule has 5 nitrogen and oxygen atoms in total. The van der Waals surface area contributed by atoms with E-state index in [4.69, 9.17) is 14.7 Å². The Labute approximate surface area is 231 Å². The van der Waals surface area contributed by atoms with Gasteiger partial charge in [0.2, 0.25) is 0 Å². The summed E-state index contributed by atoms with van der Waals surface area (Å²) in [6.07, 6.45) is 4.03. The van der Waals surface area contributed by atoms with Crippen LogP contribution in [0.2, 0.25) is 0 Å². The van der Waals surface area contributed by atoms with E-state index in [9.17, 15) is 0 Å². The molecule has 0 N–H and O–H groups in total. The number of hydrogen-bond donors (Lipinski definition) is 0. The van der Waals surface area contributed by atoms with Crippen LogP contribution in [0.3, 0.4) is 0 Å². The Morgan fingerprint density at radius 2 is 1.10 bits per heavy atom. The molecule has 0 radical (unpaired) electrons. The molecule has 4 aromatic carbocycles. The predicted octanol–water partition coefficient (Wildman–Crippen LogP) is 7.00. The fraction of sp³-hybridized carbons (Fsp3) is 0.235. The van der Waals surface area contributed by atoms with Gasteiger partial charge in [0, 0.05) is 13.1 Å². The molecule has 5 heteroatoms. The van der Waals surface area contributed by atoms with Crippen LogP contribution in [0.5, 0.6) is 5.75 Å². The van der Waals surface area contributed by atoms with E-state index in [1.807, 2.05) is 12.7 Å². The van der Waals surface area contributed by atoms with E-state index in [1.165, 1.54) is 27.8 Å². The summed E-state index contributed by atoms with van der Waals surface area (Å²) in [5.74, 6) is 0.873. The van der Waals surface area contributed by atoms with Gasteiger partial charge in [-0.15, -0.1) is 0 Å². The van der Waals surface area contributed by atoms with Crippen molar-refractivity contribution in [1.82, 2.24) is 9.80 Å². The zero-order chi connectivity index (χ0) is 26.6. The average molecular weight is 515 g/mol. The van der Waals surface area contributed by atoms with Crippen molar-refractivity contribution in [2.24, 2.45) is 9.98 Å². The molecular weight excluding hydrogens is 480 g/mol. The van der Waals surface area contributed by atoms with Crippen molar-refractivity contribution in [2.45, 2.75) is 44.2 Å². The molecule has 4 atom stereocenters. The standard InChI is InChI=1S/C34H34N4O/c1-25-32(28-12-6-3-7-13-28)35-23-37(25)21-26-18-27(20-31(19-26)39-2)22-38-24-36-33(29-14-8-4-9-15-29)34(38)30-16-10-5-11-17-30/h3-20,23-25,32-34H,21-22H2,1-2H3. The lowest BCUT2D eigenvalue weighted by Gasteiger charge is -2.29. The first-order chi connectivity index (χ1) is 19.2. The summed E-state index contributed by atoms with van der Waals surface area (Å²) >= 11 is 0. The lowest BCUT2D eigenvalue weighted by atomic mass is 9.93. The molecule has 0 aromatic heterocycles. The molecule has 4 aromatic rings. The predicted molar refractivity (Wildman–Crippen MR) is 158 cm³/mol. The third kappa shape index (κ3) is 5.30. The summed E-state index contributed by atoms with van der Waals surface area (Å²) in [4.78, 5) is 14.5. The van der Waals surface area contributed by atoms with Crippen molar-refractivity contribution in [3.8, 4) is 5.75 Å². The molecule has 0 aliphatic carbocycles. The van der Waals surface area contributed by atoms with E-state index in [2.05, 4.69) is 126 Å². The van der Waals surface area contributed by atoms with Crippen molar-refractivity contribution < 1.29 is 4.74 Å². The Morgan fingerprint density at radius 3 is 1.69 bits per heavy atom. The van der Waals surface area contributed by atoms with Gasteiger partial charge in [-0.25, -0.2) is 0 Å². The van der Waals surface area contributed by atoms with Gasteiger partial charge in [-0.1, -0.05) is 97.1 Å². The van der Waals surface area contributed by atoms with E-state index in [-0.39, 0.29) is 24.2 Å². The minimum atomic E-state index is 0.0512. The second-order valence-electron chi connectivity index (χ2n) is 10.4. The number of aliphatic imine (C=N–C) groups is 2. The van der Waals surface area contributed by atoms with Crippen LogP contribution in [0.1, 0.15) is 52.9 Å². The molecule has 2 aliphatic heterocycles. The SMILES string of the molecule is COc1cc(CN2C=NC(c3ccccc3)C2C)cc(CN2C=NC(c3ccccc3)C2c2ccccc2)c1. The monoisotopic (exact) mass is 514 g/mol. The molecule has 0 saturated heterocycles. The fourth-order valence-electron chi connectivity index (χ4n) is 5.79. The minimum absolute atomic E-state index is 0.0512. The van der Waals surface area contributed by atoms with Crippen LogP contribution in [0.15, 0.2) is 119 Å². The molecule has 39 heavy (non-hydrogen) atoms. The van der Waals surface area contributed by atoms with Crippen molar-refractivity contribution in [3.63, 3.8) is 0 Å². The zero-order valence-electron chi connectivity index (χ0n) is 22.5. The molecule has 4 unspecified atom stereocenters. The average Bonchev–Trinajstić information content (AvgIpc) is 3.57. The van der Waals surface area contributed by atoms with E-state index >= 15 is 0 Å². The van der Waals surface area contributed by atoms with Gasteiger partial charge in [0.15, 0.2) is 0 Å². The number of rotatable bonds is 8. The second kappa shape index (κ2) is 11.2. The molecule has 2 heterocycles. The Balaban J connectivity index is 1.24. The Morgan fingerprint density at radius 1 is 0.615 bits per heavy atom. The van der Waals surface area contributed by atoms with Crippen molar-refractivity contribution >= 4 is 12.7 Å². The van der Waals surface area contributed by atoms with E-state index < -0.39 is 0 Å². The molecular formula is C34H34N4O. The highest BCUT2D eigenvalue weighted by Gasteiger charge is 2.33. The first-order valence-corrected chi connectivity index (χ1v) is 13.6. The molecule has 2 aliphatic rings. The maximum atomic E-state index is 5.74. The quantitative estimate of drug-likeness (QED) is 0.254. The van der Waals surface area contributed by atoms with Gasteiger partial charge in [0.05, 0.1) is 37.9 Å². The topological polar surface area (TPSA) is 40.4 Å². The summed E-state index contributed by atoms with van der Waals surface area (Å²) < 4.78 is 5.74. The molecule has 6 rings (SSSR count). The lowest BCUT2D eigenvalue weighted by Crippen LogP contribution is -2.30. The maximum Gasteiger partial charge on any atom is 0.119 e. The summed E-state index contributed by atoms with van der Waals surface area (Å²) in [6, 6.07) is 39.0. The van der Waals surface area contributed by atoms with Crippen molar-refractivity contribution in [1.29, 1.82) is 0 Å². The smallest absolute Gasteiger partial charge is 0.119 e. The minimum Gasteiger partial charge on any atom is -0.497 e. The van der Waals surface area contributed by atoms with Gasteiger partial charge in [-0.2, -0.15) is 0 Å². The number of benzene rings is 4. The third-order valence-electron chi connectivity index (χ3n) is 7.80. The van der Waals surface area contributed by atoms with Gasteiger partial charge >= 0.3 is 0 Å². The van der Waals surface area contributed by atoms with Crippen molar-refractivity contribution in [3.05, 3.63) is 137 Å². The van der Waals surface area contributed by atoms with Gasteiger partial charge in [0.25, 0.3) is 0 Å². The maximum absolute atomic E-state index is 5.74. The van der Waals surface area contributed by atoms with Crippen LogP contribution in [0.25, 0.3) is 0 Å². The molecule has 0 amide bonds. The Kier molecular flexibility index (Phi) is 7.13. The highest BCUT2D eigenvalue weighted by molar-refractivity contribution is 5.62. The number of nitrogens with zero attached hydrogens (tertiary/aromatic N) is 4. The summed E-state index contributed by atoms with van der Waals surface area (Å²) in [6.45, 7) is 3.77. The first-order valence-electron chi connectivity index (χ1n) is 13.6. The molecule has 0 spiro atoms. The van der Waals surface area contributed by atoms with Crippen LogP contribution in [0, 0.1) is 0 Å². The molecule has 0 saturated carbocycles. The fourth-order valence-corrected chi connectivity index (χ4v) is 5.79. The van der Waals surface area contributed by atoms with E-state index in [0.29, 0.717) is 0 Å². The largest absolute Gasteiger partial charge is 0.497 e.